The van der Waals surface area contributed by atoms with Crippen molar-refractivity contribution >= 4 is 19.9 Å². The highest BCUT2D eigenvalue weighted by molar-refractivity contribution is 7.91. The monoisotopic (exact) mass is 361 g/mol. The van der Waals surface area contributed by atoms with Gasteiger partial charge in [-0.1, -0.05) is 18.2 Å². The molecule has 6 nitrogen and oxygen atoms in total. The van der Waals surface area contributed by atoms with E-state index in [9.17, 15) is 16.8 Å². The summed E-state index contributed by atoms with van der Waals surface area (Å²) in [7, 11) is -4.75. The van der Waals surface area contributed by atoms with E-state index in [1.807, 2.05) is 24.3 Å². The van der Waals surface area contributed by atoms with E-state index in [2.05, 4.69) is 4.72 Å². The summed E-state index contributed by atoms with van der Waals surface area (Å²) >= 11 is 0. The zero-order valence-electron chi connectivity index (χ0n) is 13.2. The van der Waals surface area contributed by atoms with Crippen molar-refractivity contribution in [3.05, 3.63) is 29.8 Å². The van der Waals surface area contributed by atoms with Crippen LogP contribution in [0.1, 0.15) is 18.4 Å². The van der Waals surface area contributed by atoms with Crippen LogP contribution >= 0.6 is 0 Å². The van der Waals surface area contributed by atoms with Crippen LogP contribution in [0, 0.1) is 5.92 Å². The Hall–Kier alpha value is -1.12. The number of hydrogen-bond donors (Lipinski definition) is 1. The van der Waals surface area contributed by atoms with E-state index in [4.69, 9.17) is 4.74 Å². The fourth-order valence-corrected chi connectivity index (χ4v) is 5.86. The number of sulfonamides is 1. The minimum Gasteiger partial charge on any atom is -0.496 e. The van der Waals surface area contributed by atoms with Crippen molar-refractivity contribution in [2.24, 2.45) is 5.92 Å². The number of nitrogens with one attached hydrogen (secondary N) is 1. The maximum absolute atomic E-state index is 12.0. The molecule has 0 saturated carbocycles. The number of para-hydroxylation sites is 1. The average Bonchev–Trinajstić information content (AvgIpc) is 2.85. The van der Waals surface area contributed by atoms with Crippen LogP contribution < -0.4 is 9.46 Å². The first-order valence-electron chi connectivity index (χ1n) is 7.61. The first-order valence-corrected chi connectivity index (χ1v) is 11.1. The lowest BCUT2D eigenvalue weighted by Gasteiger charge is -2.11. The van der Waals surface area contributed by atoms with E-state index >= 15 is 0 Å². The second-order valence-corrected chi connectivity index (χ2v) is 9.99. The Morgan fingerprint density at radius 2 is 2.04 bits per heavy atom. The highest BCUT2D eigenvalue weighted by Gasteiger charge is 2.28. The Kier molecular flexibility index (Phi) is 6.05. The Labute approximate surface area is 138 Å². The van der Waals surface area contributed by atoms with Gasteiger partial charge in [-0.2, -0.15) is 0 Å². The van der Waals surface area contributed by atoms with Gasteiger partial charge in [-0.15, -0.1) is 0 Å². The first kappa shape index (κ1) is 18.2. The molecule has 1 aliphatic heterocycles. The highest BCUT2D eigenvalue weighted by Crippen LogP contribution is 2.22. The summed E-state index contributed by atoms with van der Waals surface area (Å²) in [5.41, 5.74) is 0.944. The second-order valence-electron chi connectivity index (χ2n) is 5.83. The summed E-state index contributed by atoms with van der Waals surface area (Å²) in [5.74, 6) is 0.968. The van der Waals surface area contributed by atoms with Crippen molar-refractivity contribution in [3.8, 4) is 5.75 Å². The van der Waals surface area contributed by atoms with Gasteiger partial charge in [-0.25, -0.2) is 21.6 Å². The molecule has 1 N–H and O–H groups in total. The number of ether oxygens (including phenoxy) is 1. The molecule has 1 aliphatic rings. The van der Waals surface area contributed by atoms with Crippen molar-refractivity contribution in [2.75, 3.05) is 30.9 Å². The van der Waals surface area contributed by atoms with Gasteiger partial charge in [0.25, 0.3) is 0 Å². The minimum absolute atomic E-state index is 0.0287. The van der Waals surface area contributed by atoms with Gasteiger partial charge in [-0.05, 0) is 36.8 Å². The van der Waals surface area contributed by atoms with E-state index in [1.54, 1.807) is 7.11 Å². The molecule has 0 aromatic heterocycles. The molecular weight excluding hydrogens is 338 g/mol. The molecule has 2 rings (SSSR count). The van der Waals surface area contributed by atoms with Gasteiger partial charge < -0.3 is 4.74 Å². The molecular formula is C15H23NO5S2. The van der Waals surface area contributed by atoms with Crippen LogP contribution in [0.5, 0.6) is 5.75 Å². The molecule has 1 atom stereocenters. The molecule has 8 heteroatoms. The summed E-state index contributed by atoms with van der Waals surface area (Å²) in [4.78, 5) is 0. The molecule has 1 unspecified atom stereocenters. The molecule has 1 heterocycles. The second kappa shape index (κ2) is 7.63. The molecule has 1 aromatic rings. The maximum atomic E-state index is 12.0. The van der Waals surface area contributed by atoms with Crippen LogP contribution in [0.2, 0.25) is 0 Å². The zero-order chi connectivity index (χ0) is 16.9. The van der Waals surface area contributed by atoms with Crippen LogP contribution in [0.15, 0.2) is 24.3 Å². The maximum Gasteiger partial charge on any atom is 0.211 e. The smallest absolute Gasteiger partial charge is 0.211 e. The van der Waals surface area contributed by atoms with Crippen molar-refractivity contribution in [3.63, 3.8) is 0 Å². The van der Waals surface area contributed by atoms with Gasteiger partial charge in [0, 0.05) is 6.54 Å². The highest BCUT2D eigenvalue weighted by atomic mass is 32.2. The Balaban J connectivity index is 1.78. The fourth-order valence-electron chi connectivity index (χ4n) is 2.74. The molecule has 23 heavy (non-hydrogen) atoms. The van der Waals surface area contributed by atoms with E-state index in [1.165, 1.54) is 0 Å². The summed E-state index contributed by atoms with van der Waals surface area (Å²) < 4.78 is 54.6. The van der Waals surface area contributed by atoms with Gasteiger partial charge in [0.1, 0.15) is 5.75 Å². The van der Waals surface area contributed by atoms with Crippen molar-refractivity contribution in [1.82, 2.24) is 4.72 Å². The molecule has 0 amide bonds. The molecule has 1 saturated heterocycles. The molecule has 130 valence electrons. The zero-order valence-corrected chi connectivity index (χ0v) is 14.8. The van der Waals surface area contributed by atoms with Crippen molar-refractivity contribution < 1.29 is 21.6 Å². The molecule has 1 aromatic carbocycles. The van der Waals surface area contributed by atoms with Crippen LogP contribution in [0.25, 0.3) is 0 Å². The molecule has 0 radical (unpaired) electrons. The Bertz CT molecular complexity index is 728. The largest absolute Gasteiger partial charge is 0.496 e. The number of benzene rings is 1. The molecule has 1 fully saturated rings. The number of sulfone groups is 1. The van der Waals surface area contributed by atoms with Gasteiger partial charge in [-0.3, -0.25) is 0 Å². The lowest BCUT2D eigenvalue weighted by molar-refractivity contribution is 0.409. The van der Waals surface area contributed by atoms with E-state index in [-0.39, 0.29) is 23.2 Å². The quantitative estimate of drug-likeness (QED) is 0.745. The van der Waals surface area contributed by atoms with Crippen LogP contribution in [0.3, 0.4) is 0 Å². The van der Waals surface area contributed by atoms with Gasteiger partial charge in [0.15, 0.2) is 9.84 Å². The molecule has 0 aliphatic carbocycles. The third-order valence-electron chi connectivity index (χ3n) is 4.03. The summed E-state index contributed by atoms with van der Waals surface area (Å²) in [6.45, 7) is 0.297. The SMILES string of the molecule is COc1ccccc1CCNS(=O)(=O)CCC1CCS(=O)(=O)C1. The van der Waals surface area contributed by atoms with Gasteiger partial charge >= 0.3 is 0 Å². The normalized spacial score (nSPS) is 20.5. The number of rotatable bonds is 8. The average molecular weight is 361 g/mol. The number of methoxy groups -OCH3 is 1. The third-order valence-corrected chi connectivity index (χ3v) is 7.28. The first-order chi connectivity index (χ1) is 10.8. The molecule has 0 spiro atoms. The van der Waals surface area contributed by atoms with Crippen molar-refractivity contribution in [2.45, 2.75) is 19.3 Å². The van der Waals surface area contributed by atoms with Gasteiger partial charge in [0.2, 0.25) is 10.0 Å². The topological polar surface area (TPSA) is 89.5 Å². The van der Waals surface area contributed by atoms with Crippen LogP contribution in [0.4, 0.5) is 0 Å². The van der Waals surface area contributed by atoms with E-state index < -0.39 is 19.9 Å². The van der Waals surface area contributed by atoms with E-state index in [0.29, 0.717) is 25.8 Å². The summed E-state index contributed by atoms with van der Waals surface area (Å²) in [5, 5.41) is 0. The minimum atomic E-state index is -3.38. The van der Waals surface area contributed by atoms with Crippen molar-refractivity contribution in [1.29, 1.82) is 0 Å². The van der Waals surface area contributed by atoms with Crippen LogP contribution in [-0.2, 0) is 26.3 Å². The van der Waals surface area contributed by atoms with Crippen LogP contribution in [-0.4, -0.2) is 47.7 Å². The number of hydrogen-bond acceptors (Lipinski definition) is 5. The summed E-state index contributed by atoms with van der Waals surface area (Å²) in [6.07, 6.45) is 1.50. The summed E-state index contributed by atoms with van der Waals surface area (Å²) in [6, 6.07) is 7.48. The van der Waals surface area contributed by atoms with Gasteiger partial charge in [0.05, 0.1) is 24.4 Å². The third kappa shape index (κ3) is 5.78. The Morgan fingerprint density at radius 3 is 2.70 bits per heavy atom. The molecule has 0 bridgehead atoms. The predicted molar refractivity (Wildman–Crippen MR) is 89.9 cm³/mol. The standard InChI is InChI=1S/C15H23NO5S2/c1-21-15-5-3-2-4-14(15)6-9-16-23(19,20)11-8-13-7-10-22(17,18)12-13/h2-5,13,16H,6-12H2,1H3. The lowest BCUT2D eigenvalue weighted by Crippen LogP contribution is -2.29. The van der Waals surface area contributed by atoms with E-state index in [0.717, 1.165) is 11.3 Å². The fraction of sp³-hybridized carbons (Fsp3) is 0.600. The predicted octanol–water partition coefficient (Wildman–Crippen LogP) is 0.982. The Morgan fingerprint density at radius 1 is 1.30 bits per heavy atom. The lowest BCUT2D eigenvalue weighted by atomic mass is 10.1.